The van der Waals surface area contributed by atoms with Gasteiger partial charge in [-0.25, -0.2) is 0 Å². The first-order chi connectivity index (χ1) is 10.1. The molecule has 0 N–H and O–H groups in total. The van der Waals surface area contributed by atoms with Crippen molar-refractivity contribution in [2.24, 2.45) is 0 Å². The molecule has 1 fully saturated rings. The van der Waals surface area contributed by atoms with E-state index in [2.05, 4.69) is 18.2 Å². The second-order valence-corrected chi connectivity index (χ2v) is 5.71. The van der Waals surface area contributed by atoms with Crippen molar-refractivity contribution in [2.45, 2.75) is 24.4 Å². The minimum atomic E-state index is -1.07. The fourth-order valence-corrected chi connectivity index (χ4v) is 3.81. The molecule has 2 aliphatic carbocycles. The van der Waals surface area contributed by atoms with Gasteiger partial charge < -0.3 is 4.74 Å². The molecule has 0 saturated heterocycles. The van der Waals surface area contributed by atoms with Crippen molar-refractivity contribution in [1.82, 2.24) is 0 Å². The molecular formula is C18H13NO2. The molecule has 0 aromatic heterocycles. The van der Waals surface area contributed by atoms with Crippen LogP contribution < -0.4 is 0 Å². The maximum absolute atomic E-state index is 11.4. The van der Waals surface area contributed by atoms with E-state index < -0.39 is 17.0 Å². The van der Waals surface area contributed by atoms with Crippen LogP contribution in [-0.2, 0) is 14.9 Å². The lowest BCUT2D eigenvalue weighted by atomic mass is 9.89. The number of fused-ring (bicyclic) bond motifs is 5. The fourth-order valence-electron chi connectivity index (χ4n) is 3.81. The van der Waals surface area contributed by atoms with Gasteiger partial charge in [0.25, 0.3) is 0 Å². The predicted molar refractivity (Wildman–Crippen MR) is 77.4 cm³/mol. The average Bonchev–Trinajstić information content (AvgIpc) is 3.06. The molecule has 2 aromatic carbocycles. The third-order valence-electron chi connectivity index (χ3n) is 4.64. The Bertz CT molecular complexity index is 772. The van der Waals surface area contributed by atoms with Crippen LogP contribution in [0.3, 0.4) is 0 Å². The molecule has 0 bridgehead atoms. The summed E-state index contributed by atoms with van der Waals surface area (Å²) in [6.45, 7) is 1.36. The van der Waals surface area contributed by atoms with Crippen LogP contribution in [0.4, 0.5) is 0 Å². The van der Waals surface area contributed by atoms with Gasteiger partial charge in [-0.1, -0.05) is 48.5 Å². The second kappa shape index (κ2) is 3.73. The number of nitrogens with zero attached hydrogens (tertiary/aromatic N) is 1. The summed E-state index contributed by atoms with van der Waals surface area (Å²) in [7, 11) is 0. The summed E-state index contributed by atoms with van der Waals surface area (Å²) in [4.78, 5) is 11.4. The smallest absolute Gasteiger partial charge is 0.304 e. The van der Waals surface area contributed by atoms with Crippen LogP contribution in [0, 0.1) is 11.3 Å². The van der Waals surface area contributed by atoms with Gasteiger partial charge in [-0.3, -0.25) is 4.79 Å². The van der Waals surface area contributed by atoms with Crippen LogP contribution in [-0.4, -0.2) is 11.6 Å². The highest BCUT2D eigenvalue weighted by Crippen LogP contribution is 2.69. The quantitative estimate of drug-likeness (QED) is 0.751. The Labute approximate surface area is 122 Å². The van der Waals surface area contributed by atoms with E-state index in [-0.39, 0.29) is 0 Å². The van der Waals surface area contributed by atoms with Crippen molar-refractivity contribution in [3.8, 4) is 17.2 Å². The van der Waals surface area contributed by atoms with E-state index in [0.29, 0.717) is 6.42 Å². The number of carbonyl (C=O) groups excluding carboxylic acids is 1. The molecule has 1 atom stereocenters. The molecule has 1 spiro atoms. The van der Waals surface area contributed by atoms with Crippen LogP contribution in [0.1, 0.15) is 24.5 Å². The number of carbonyl (C=O) groups is 1. The lowest BCUT2D eigenvalue weighted by Gasteiger charge is -2.18. The lowest BCUT2D eigenvalue weighted by molar-refractivity contribution is -0.146. The molecule has 0 aliphatic heterocycles. The van der Waals surface area contributed by atoms with E-state index >= 15 is 0 Å². The summed E-state index contributed by atoms with van der Waals surface area (Å²) in [5, 5.41) is 9.65. The summed E-state index contributed by atoms with van der Waals surface area (Å²) in [6.07, 6.45) is 0.532. The van der Waals surface area contributed by atoms with Gasteiger partial charge >= 0.3 is 5.97 Å². The minimum Gasteiger partial charge on any atom is -0.442 e. The standard InChI is InChI=1S/C18H13NO2/c1-12(20)21-17(11-19)10-18(17)15-8-4-2-6-13(15)14-7-3-5-9-16(14)18/h2-9H,10H2,1H3. The molecule has 4 rings (SSSR count). The van der Waals surface area contributed by atoms with E-state index in [1.165, 1.54) is 6.92 Å². The highest BCUT2D eigenvalue weighted by Gasteiger charge is 2.76. The number of hydrogen-bond donors (Lipinski definition) is 0. The zero-order valence-electron chi connectivity index (χ0n) is 11.6. The van der Waals surface area contributed by atoms with Gasteiger partial charge in [-0.05, 0) is 22.3 Å². The van der Waals surface area contributed by atoms with Crippen molar-refractivity contribution < 1.29 is 9.53 Å². The Morgan fingerprint density at radius 2 is 1.62 bits per heavy atom. The summed E-state index contributed by atoms with van der Waals surface area (Å²) >= 11 is 0. The van der Waals surface area contributed by atoms with E-state index in [1.54, 1.807) is 0 Å². The van der Waals surface area contributed by atoms with Crippen LogP contribution in [0.5, 0.6) is 0 Å². The Hall–Kier alpha value is -2.60. The van der Waals surface area contributed by atoms with Crippen molar-refractivity contribution in [3.05, 3.63) is 59.7 Å². The number of benzene rings is 2. The van der Waals surface area contributed by atoms with E-state index in [0.717, 1.165) is 22.3 Å². The zero-order chi connectivity index (χ0) is 14.7. The molecular weight excluding hydrogens is 262 g/mol. The molecule has 1 unspecified atom stereocenters. The summed E-state index contributed by atoms with van der Waals surface area (Å²) in [6, 6.07) is 18.4. The van der Waals surface area contributed by atoms with Gasteiger partial charge in [0.1, 0.15) is 6.07 Å². The molecule has 21 heavy (non-hydrogen) atoms. The largest absolute Gasteiger partial charge is 0.442 e. The molecule has 2 aliphatic rings. The van der Waals surface area contributed by atoms with Crippen LogP contribution in [0.2, 0.25) is 0 Å². The normalized spacial score (nSPS) is 23.0. The van der Waals surface area contributed by atoms with E-state index in [4.69, 9.17) is 4.74 Å². The highest BCUT2D eigenvalue weighted by molar-refractivity contribution is 5.86. The lowest BCUT2D eigenvalue weighted by Crippen LogP contribution is -2.27. The van der Waals surface area contributed by atoms with Crippen molar-refractivity contribution in [3.63, 3.8) is 0 Å². The Morgan fingerprint density at radius 3 is 2.10 bits per heavy atom. The van der Waals surface area contributed by atoms with Gasteiger partial charge in [0.05, 0.1) is 5.41 Å². The van der Waals surface area contributed by atoms with Crippen molar-refractivity contribution >= 4 is 5.97 Å². The van der Waals surface area contributed by atoms with Crippen LogP contribution in [0.15, 0.2) is 48.5 Å². The van der Waals surface area contributed by atoms with Gasteiger partial charge in [-0.15, -0.1) is 0 Å². The first-order valence-corrected chi connectivity index (χ1v) is 6.95. The number of hydrogen-bond acceptors (Lipinski definition) is 3. The minimum absolute atomic E-state index is 0.407. The van der Waals surface area contributed by atoms with E-state index in [1.807, 2.05) is 36.4 Å². The highest BCUT2D eigenvalue weighted by atomic mass is 16.6. The molecule has 2 aromatic rings. The van der Waals surface area contributed by atoms with Crippen molar-refractivity contribution in [2.75, 3.05) is 0 Å². The molecule has 0 radical (unpaired) electrons. The molecule has 102 valence electrons. The third-order valence-corrected chi connectivity index (χ3v) is 4.64. The van der Waals surface area contributed by atoms with Crippen LogP contribution >= 0.6 is 0 Å². The molecule has 1 saturated carbocycles. The van der Waals surface area contributed by atoms with Crippen molar-refractivity contribution in [1.29, 1.82) is 5.26 Å². The molecule has 3 nitrogen and oxygen atoms in total. The fraction of sp³-hybridized carbons (Fsp3) is 0.222. The SMILES string of the molecule is CC(=O)OC1(C#N)CC12c1ccccc1-c1ccccc12. The Kier molecular flexibility index (Phi) is 2.16. The van der Waals surface area contributed by atoms with E-state index in [9.17, 15) is 10.1 Å². The van der Waals surface area contributed by atoms with Gasteiger partial charge in [0.15, 0.2) is 0 Å². The Morgan fingerprint density at radius 1 is 1.10 bits per heavy atom. The van der Waals surface area contributed by atoms with Crippen LogP contribution in [0.25, 0.3) is 11.1 Å². The van der Waals surface area contributed by atoms with Gasteiger partial charge in [0.2, 0.25) is 5.60 Å². The summed E-state index contributed by atoms with van der Waals surface area (Å²) in [5.74, 6) is -0.407. The molecule has 0 amide bonds. The first kappa shape index (κ1) is 12.2. The number of esters is 1. The molecule has 3 heteroatoms. The van der Waals surface area contributed by atoms with Gasteiger partial charge in [0, 0.05) is 13.3 Å². The average molecular weight is 275 g/mol. The maximum atomic E-state index is 11.4. The number of nitriles is 1. The predicted octanol–water partition coefficient (Wildman–Crippen LogP) is 3.18. The first-order valence-electron chi connectivity index (χ1n) is 6.95. The molecule has 0 heterocycles. The van der Waals surface area contributed by atoms with Gasteiger partial charge in [-0.2, -0.15) is 5.26 Å². The third kappa shape index (κ3) is 1.30. The second-order valence-electron chi connectivity index (χ2n) is 5.71. The number of rotatable bonds is 1. The maximum Gasteiger partial charge on any atom is 0.304 e. The zero-order valence-corrected chi connectivity index (χ0v) is 11.6. The topological polar surface area (TPSA) is 50.1 Å². The number of ether oxygens (including phenoxy) is 1. The summed E-state index contributed by atoms with van der Waals surface area (Å²) in [5.41, 5.74) is 2.89. The Balaban J connectivity index is 2.00. The summed E-state index contributed by atoms with van der Waals surface area (Å²) < 4.78 is 5.45. The monoisotopic (exact) mass is 275 g/mol.